The molecule has 3 N–H and O–H groups in total. The fourth-order valence-electron chi connectivity index (χ4n) is 6.76. The number of hydrogen-bond donors (Lipinski definition) is 3. The number of aliphatic carboxylic acids is 1. The van der Waals surface area contributed by atoms with Gasteiger partial charge in [0.25, 0.3) is 0 Å². The average Bonchev–Trinajstić information content (AvgIpc) is 3.39. The molecule has 0 spiro atoms. The van der Waals surface area contributed by atoms with E-state index in [-0.39, 0.29) is 11.5 Å². The summed E-state index contributed by atoms with van der Waals surface area (Å²) in [6.07, 6.45) is 2.23. The maximum Gasteiger partial charge on any atom is 0.410 e. The smallest absolute Gasteiger partial charge is 0.410 e. The number of fused-ring (bicyclic) bond motifs is 1. The molecule has 1 heterocycles. The SMILES string of the molecule is C/C(=C\[C@H](C(C)C)N(C)C(=O)[C@@H](NC(=O)[C@@H](N(C)C(=O)OC(C)(C)C)C(C)(C)c1cn(C)c2ccccc12)C(C)(C)C)C(=O)N[C@@H](CC(=O)OC(C)(C)C)C(=O)O. The molecular weight excluding hydrogens is 730 g/mol. The maximum absolute atomic E-state index is 14.8. The van der Waals surface area contributed by atoms with Crippen LogP contribution < -0.4 is 10.6 Å². The lowest BCUT2D eigenvalue weighted by Gasteiger charge is -2.42. The number of likely N-dealkylation sites (N-methyl/N-ethyl adjacent to an activating group) is 2. The van der Waals surface area contributed by atoms with Gasteiger partial charge in [-0.2, -0.15) is 0 Å². The van der Waals surface area contributed by atoms with Crippen LogP contribution in [0.2, 0.25) is 0 Å². The third-order valence-corrected chi connectivity index (χ3v) is 9.64. The van der Waals surface area contributed by atoms with E-state index in [1.165, 1.54) is 23.8 Å². The molecular formula is C43H67N5O9. The molecule has 318 valence electrons. The third-order valence-electron chi connectivity index (χ3n) is 9.64. The number of carboxylic acids is 1. The van der Waals surface area contributed by atoms with Gasteiger partial charge in [-0.3, -0.25) is 24.1 Å². The van der Waals surface area contributed by atoms with Gasteiger partial charge >= 0.3 is 18.0 Å². The number of esters is 1. The fraction of sp³-hybridized carbons (Fsp3) is 0.628. The first-order valence-electron chi connectivity index (χ1n) is 19.3. The van der Waals surface area contributed by atoms with Gasteiger partial charge in [0.05, 0.1) is 12.5 Å². The van der Waals surface area contributed by atoms with Crippen LogP contribution in [0.3, 0.4) is 0 Å². The Morgan fingerprint density at radius 3 is 1.88 bits per heavy atom. The molecule has 0 bridgehead atoms. The van der Waals surface area contributed by atoms with Crippen LogP contribution in [-0.2, 0) is 45.9 Å². The zero-order chi connectivity index (χ0) is 44.2. The van der Waals surface area contributed by atoms with Gasteiger partial charge < -0.3 is 34.7 Å². The Bertz CT molecular complexity index is 1840. The van der Waals surface area contributed by atoms with Crippen LogP contribution in [0.5, 0.6) is 0 Å². The minimum absolute atomic E-state index is 0.121. The van der Waals surface area contributed by atoms with Crippen LogP contribution in [0.25, 0.3) is 10.9 Å². The summed E-state index contributed by atoms with van der Waals surface area (Å²) >= 11 is 0. The number of carbonyl (C=O) groups is 6. The number of hydrogen-bond acceptors (Lipinski definition) is 8. The number of aryl methyl sites for hydroxylation is 1. The second kappa shape index (κ2) is 18.1. The van der Waals surface area contributed by atoms with E-state index in [2.05, 4.69) is 10.6 Å². The van der Waals surface area contributed by atoms with Gasteiger partial charge in [-0.05, 0) is 71.4 Å². The summed E-state index contributed by atoms with van der Waals surface area (Å²) in [6, 6.07) is 3.33. The minimum atomic E-state index is -1.54. The summed E-state index contributed by atoms with van der Waals surface area (Å²) in [7, 11) is 5.01. The Hall–Kier alpha value is -4.88. The summed E-state index contributed by atoms with van der Waals surface area (Å²) in [5.74, 6) is -4.17. The van der Waals surface area contributed by atoms with Gasteiger partial charge in [-0.15, -0.1) is 0 Å². The summed E-state index contributed by atoms with van der Waals surface area (Å²) in [5.41, 5.74) is -1.62. The van der Waals surface area contributed by atoms with E-state index in [1.807, 2.05) is 90.5 Å². The van der Waals surface area contributed by atoms with Gasteiger partial charge in [0.1, 0.15) is 29.3 Å². The number of para-hydroxylation sites is 1. The lowest BCUT2D eigenvalue weighted by Crippen LogP contribution is -2.63. The number of nitrogens with zero attached hydrogens (tertiary/aromatic N) is 3. The standard InChI is InChI=1S/C43H67N5O9/c1-25(2)31(22-26(3)35(50)44-29(38(53)54)23-32(49)56-41(7,8)9)47(16)37(52)33(40(4,5)6)45-36(51)34(48(17)39(55)57-42(10,11)12)43(13,14)28-24-46(15)30-21-19-18-20-27(28)30/h18-22,24-25,29,31,33-34H,23H2,1-17H3,(H,44,50)(H,45,51)(H,53,54)/b26-22+/t29-,31+,33+,34+/m0/s1. The Kier molecular flexibility index (Phi) is 15.4. The lowest BCUT2D eigenvalue weighted by atomic mass is 9.76. The van der Waals surface area contributed by atoms with Gasteiger partial charge in [-0.25, -0.2) is 9.59 Å². The van der Waals surface area contributed by atoms with Crippen LogP contribution in [0.1, 0.15) is 109 Å². The molecule has 2 rings (SSSR count). The molecule has 1 aromatic carbocycles. The number of amides is 4. The fourth-order valence-corrected chi connectivity index (χ4v) is 6.76. The van der Waals surface area contributed by atoms with Crippen LogP contribution in [0, 0.1) is 11.3 Å². The summed E-state index contributed by atoms with van der Waals surface area (Å²) in [4.78, 5) is 83.4. The van der Waals surface area contributed by atoms with Crippen LogP contribution in [0.4, 0.5) is 4.79 Å². The molecule has 0 unspecified atom stereocenters. The summed E-state index contributed by atoms with van der Waals surface area (Å²) in [6.45, 7) is 24.6. The van der Waals surface area contributed by atoms with Crippen molar-refractivity contribution in [3.8, 4) is 0 Å². The van der Waals surface area contributed by atoms with Crippen LogP contribution in [-0.4, -0.2) is 105 Å². The number of benzene rings is 1. The van der Waals surface area contributed by atoms with Crippen molar-refractivity contribution in [1.82, 2.24) is 25.0 Å². The minimum Gasteiger partial charge on any atom is -0.480 e. The topological polar surface area (TPSA) is 177 Å². The van der Waals surface area contributed by atoms with E-state index < -0.39 is 88.4 Å². The predicted molar refractivity (Wildman–Crippen MR) is 220 cm³/mol. The van der Waals surface area contributed by atoms with Crippen molar-refractivity contribution in [2.45, 2.75) is 144 Å². The van der Waals surface area contributed by atoms with Crippen molar-refractivity contribution in [3.05, 3.63) is 47.7 Å². The lowest BCUT2D eigenvalue weighted by molar-refractivity contribution is -0.158. The van der Waals surface area contributed by atoms with Gasteiger partial charge in [-0.1, -0.05) is 72.7 Å². The first-order chi connectivity index (χ1) is 25.8. The monoisotopic (exact) mass is 797 g/mol. The Morgan fingerprint density at radius 1 is 0.842 bits per heavy atom. The van der Waals surface area contributed by atoms with Crippen LogP contribution in [0.15, 0.2) is 42.1 Å². The first kappa shape index (κ1) is 48.3. The zero-order valence-electron chi connectivity index (χ0n) is 37.1. The van der Waals surface area contributed by atoms with E-state index >= 15 is 0 Å². The maximum atomic E-state index is 14.8. The highest BCUT2D eigenvalue weighted by atomic mass is 16.6. The van der Waals surface area contributed by atoms with E-state index in [4.69, 9.17) is 9.47 Å². The van der Waals surface area contributed by atoms with E-state index in [0.717, 1.165) is 16.5 Å². The van der Waals surface area contributed by atoms with Gasteiger partial charge in [0.15, 0.2) is 0 Å². The van der Waals surface area contributed by atoms with Crippen molar-refractivity contribution in [2.75, 3.05) is 14.1 Å². The first-order valence-corrected chi connectivity index (χ1v) is 19.3. The summed E-state index contributed by atoms with van der Waals surface area (Å²) < 4.78 is 12.9. The Morgan fingerprint density at radius 2 is 1.39 bits per heavy atom. The molecule has 4 amide bonds. The van der Waals surface area contributed by atoms with E-state index in [0.29, 0.717) is 0 Å². The number of aromatic nitrogens is 1. The second-order valence-electron chi connectivity index (χ2n) is 18.9. The molecule has 0 radical (unpaired) electrons. The van der Waals surface area contributed by atoms with Crippen LogP contribution >= 0.6 is 0 Å². The number of carbonyl (C=O) groups excluding carboxylic acids is 5. The molecule has 0 aliphatic heterocycles. The second-order valence-corrected chi connectivity index (χ2v) is 18.9. The van der Waals surface area contributed by atoms with Crippen molar-refractivity contribution in [3.63, 3.8) is 0 Å². The highest BCUT2D eigenvalue weighted by molar-refractivity contribution is 5.97. The molecule has 4 atom stereocenters. The molecule has 14 heteroatoms. The quantitative estimate of drug-likeness (QED) is 0.154. The molecule has 1 aromatic heterocycles. The number of nitrogens with one attached hydrogen (secondary N) is 2. The largest absolute Gasteiger partial charge is 0.480 e. The molecule has 0 saturated carbocycles. The molecule has 0 aliphatic carbocycles. The van der Waals surface area contributed by atoms with Crippen molar-refractivity contribution in [2.24, 2.45) is 18.4 Å². The highest BCUT2D eigenvalue weighted by Gasteiger charge is 2.47. The molecule has 0 aliphatic rings. The molecule has 0 saturated heterocycles. The zero-order valence-corrected chi connectivity index (χ0v) is 37.1. The van der Waals surface area contributed by atoms with E-state index in [9.17, 15) is 33.9 Å². The predicted octanol–water partition coefficient (Wildman–Crippen LogP) is 5.95. The van der Waals surface area contributed by atoms with Gasteiger partial charge in [0, 0.05) is 49.2 Å². The Labute approximate surface area is 338 Å². The van der Waals surface area contributed by atoms with Gasteiger partial charge in [0.2, 0.25) is 17.7 Å². The third kappa shape index (κ3) is 12.8. The number of carboxylic acid groups (broad SMARTS) is 1. The molecule has 0 fully saturated rings. The highest BCUT2D eigenvalue weighted by Crippen LogP contribution is 2.37. The number of ether oxygens (including phenoxy) is 2. The average molecular weight is 798 g/mol. The van der Waals surface area contributed by atoms with E-state index in [1.54, 1.807) is 54.7 Å². The normalized spacial score (nSPS) is 14.9. The van der Waals surface area contributed by atoms with Crippen molar-refractivity contribution < 1.29 is 43.3 Å². The summed E-state index contributed by atoms with van der Waals surface area (Å²) in [5, 5.41) is 16.1. The molecule has 57 heavy (non-hydrogen) atoms. The Balaban J connectivity index is 2.55. The number of rotatable bonds is 14. The van der Waals surface area contributed by atoms with Crippen molar-refractivity contribution >= 4 is 46.7 Å². The van der Waals surface area contributed by atoms with Crippen molar-refractivity contribution in [1.29, 1.82) is 0 Å². The molecule has 14 nitrogen and oxygen atoms in total. The molecule has 2 aromatic rings.